The van der Waals surface area contributed by atoms with Crippen LogP contribution in [0.5, 0.6) is 0 Å². The van der Waals surface area contributed by atoms with Crippen LogP contribution in [0, 0.1) is 0 Å². The quantitative estimate of drug-likeness (QED) is 0.605. The van der Waals surface area contributed by atoms with Crippen LogP contribution in [0.1, 0.15) is 40.5 Å². The molecular weight excluding hydrogens is 268 g/mol. The summed E-state index contributed by atoms with van der Waals surface area (Å²) in [4.78, 5) is 13.8. The number of rotatable bonds is 6. The van der Waals surface area contributed by atoms with Gasteiger partial charge in [0.05, 0.1) is 13.2 Å². The van der Waals surface area contributed by atoms with Crippen molar-refractivity contribution in [3.05, 3.63) is 12.2 Å². The Kier molecular flexibility index (Phi) is 7.18. The van der Waals surface area contributed by atoms with Crippen LogP contribution in [-0.2, 0) is 9.47 Å². The van der Waals surface area contributed by atoms with Gasteiger partial charge in [-0.25, -0.2) is 4.79 Å². The first-order chi connectivity index (χ1) is 9.78. The zero-order chi connectivity index (χ0) is 15.9. The predicted octanol–water partition coefficient (Wildman–Crippen LogP) is 2.57. The molecule has 0 radical (unpaired) electrons. The molecule has 1 unspecified atom stereocenters. The first kappa shape index (κ1) is 18.0. The van der Waals surface area contributed by atoms with Crippen LogP contribution in [0.3, 0.4) is 0 Å². The summed E-state index contributed by atoms with van der Waals surface area (Å²) in [6.45, 7) is 15.0. The Balaban J connectivity index is 2.25. The van der Waals surface area contributed by atoms with Crippen molar-refractivity contribution in [2.75, 3.05) is 32.8 Å². The molecule has 1 aliphatic rings. The molecule has 1 heterocycles. The Morgan fingerprint density at radius 1 is 1.43 bits per heavy atom. The van der Waals surface area contributed by atoms with E-state index in [1.165, 1.54) is 0 Å². The summed E-state index contributed by atoms with van der Waals surface area (Å²) in [5, 5.41) is 3.44. The molecule has 1 amide bonds. The van der Waals surface area contributed by atoms with Gasteiger partial charge in [-0.2, -0.15) is 0 Å². The van der Waals surface area contributed by atoms with Crippen LogP contribution in [0.4, 0.5) is 4.79 Å². The van der Waals surface area contributed by atoms with Gasteiger partial charge in [-0.15, -0.1) is 0 Å². The summed E-state index contributed by atoms with van der Waals surface area (Å²) in [7, 11) is 0. The molecule has 1 N–H and O–H groups in total. The van der Waals surface area contributed by atoms with E-state index in [2.05, 4.69) is 11.9 Å². The number of hydrogen-bond acceptors (Lipinski definition) is 4. The van der Waals surface area contributed by atoms with Crippen LogP contribution in [0.25, 0.3) is 0 Å². The van der Waals surface area contributed by atoms with Crippen LogP contribution >= 0.6 is 0 Å². The summed E-state index contributed by atoms with van der Waals surface area (Å²) < 4.78 is 10.9. The molecule has 0 aromatic rings. The number of likely N-dealkylation sites (tertiary alicyclic amines) is 1. The van der Waals surface area contributed by atoms with E-state index in [1.54, 1.807) is 4.90 Å². The van der Waals surface area contributed by atoms with Gasteiger partial charge in [0.25, 0.3) is 0 Å². The van der Waals surface area contributed by atoms with Gasteiger partial charge in [-0.05, 0) is 40.5 Å². The van der Waals surface area contributed by atoms with Crippen molar-refractivity contribution in [1.82, 2.24) is 10.2 Å². The molecule has 5 nitrogen and oxygen atoms in total. The number of carbonyl (C=O) groups excluding carboxylic acids is 1. The van der Waals surface area contributed by atoms with Crippen molar-refractivity contribution in [1.29, 1.82) is 0 Å². The molecule has 0 bridgehead atoms. The molecule has 0 aromatic carbocycles. The van der Waals surface area contributed by atoms with Gasteiger partial charge in [0.2, 0.25) is 0 Å². The lowest BCUT2D eigenvalue weighted by Crippen LogP contribution is -2.49. The second-order valence-electron chi connectivity index (χ2n) is 6.73. The summed E-state index contributed by atoms with van der Waals surface area (Å²) in [6, 6.07) is 0.319. The smallest absolute Gasteiger partial charge is 0.410 e. The topological polar surface area (TPSA) is 50.8 Å². The van der Waals surface area contributed by atoms with Gasteiger partial charge >= 0.3 is 6.09 Å². The highest BCUT2D eigenvalue weighted by molar-refractivity contribution is 5.68. The van der Waals surface area contributed by atoms with Crippen molar-refractivity contribution < 1.29 is 14.3 Å². The molecule has 1 rings (SSSR count). The summed E-state index contributed by atoms with van der Waals surface area (Å²) in [5.41, 5.74) is 0.595. The largest absolute Gasteiger partial charge is 0.444 e. The Morgan fingerprint density at radius 2 is 2.14 bits per heavy atom. The van der Waals surface area contributed by atoms with Crippen LogP contribution < -0.4 is 5.32 Å². The Bertz CT molecular complexity index is 350. The van der Waals surface area contributed by atoms with Crippen molar-refractivity contribution in [2.24, 2.45) is 0 Å². The fourth-order valence-corrected chi connectivity index (χ4v) is 2.22. The van der Waals surface area contributed by atoms with E-state index in [-0.39, 0.29) is 6.09 Å². The second-order valence-corrected chi connectivity index (χ2v) is 6.73. The number of carbonyl (C=O) groups is 1. The maximum atomic E-state index is 12.1. The normalized spacial score (nSPS) is 19.4. The highest BCUT2D eigenvalue weighted by Gasteiger charge is 2.27. The van der Waals surface area contributed by atoms with Crippen LogP contribution in [0.2, 0.25) is 0 Å². The van der Waals surface area contributed by atoms with E-state index in [9.17, 15) is 4.79 Å². The average molecular weight is 298 g/mol. The van der Waals surface area contributed by atoms with Gasteiger partial charge in [0, 0.05) is 25.7 Å². The molecule has 0 aromatic heterocycles. The first-order valence-corrected chi connectivity index (χ1v) is 7.71. The number of piperidine rings is 1. The third-order valence-corrected chi connectivity index (χ3v) is 3.10. The number of hydrogen-bond donors (Lipinski definition) is 1. The monoisotopic (exact) mass is 298 g/mol. The second kappa shape index (κ2) is 8.39. The molecule has 122 valence electrons. The van der Waals surface area contributed by atoms with Gasteiger partial charge < -0.3 is 19.7 Å². The van der Waals surface area contributed by atoms with E-state index in [4.69, 9.17) is 9.47 Å². The third kappa shape index (κ3) is 8.07. The minimum Gasteiger partial charge on any atom is -0.444 e. The van der Waals surface area contributed by atoms with Gasteiger partial charge in [-0.1, -0.05) is 12.2 Å². The molecule has 1 fully saturated rings. The molecule has 1 atom stereocenters. The first-order valence-electron chi connectivity index (χ1n) is 7.71. The summed E-state index contributed by atoms with van der Waals surface area (Å²) in [6.07, 6.45) is 1.87. The fourth-order valence-electron chi connectivity index (χ4n) is 2.22. The maximum absolute atomic E-state index is 12.1. The number of nitrogens with zero attached hydrogens (tertiary/aromatic N) is 1. The number of amides is 1. The van der Waals surface area contributed by atoms with Crippen molar-refractivity contribution in [3.63, 3.8) is 0 Å². The van der Waals surface area contributed by atoms with Crippen molar-refractivity contribution in [2.45, 2.75) is 52.2 Å². The third-order valence-electron chi connectivity index (χ3n) is 3.10. The number of ether oxygens (including phenoxy) is 2. The van der Waals surface area contributed by atoms with Gasteiger partial charge in [0.15, 0.2) is 0 Å². The Hall–Kier alpha value is -1.07. The standard InChI is InChI=1S/C16H30N2O3/c1-13(2)12-20-10-8-17-14-7-6-9-18(11-14)15(19)21-16(3,4)5/h14,17H,1,6-12H2,2-5H3. The molecule has 0 aliphatic carbocycles. The molecule has 1 aliphatic heterocycles. The Labute approximate surface area is 128 Å². The van der Waals surface area contributed by atoms with Crippen LogP contribution in [-0.4, -0.2) is 55.5 Å². The predicted molar refractivity (Wildman–Crippen MR) is 84.5 cm³/mol. The molecule has 0 saturated carbocycles. The van der Waals surface area contributed by atoms with Crippen molar-refractivity contribution >= 4 is 6.09 Å². The van der Waals surface area contributed by atoms with Gasteiger partial charge in [-0.3, -0.25) is 0 Å². The maximum Gasteiger partial charge on any atom is 0.410 e. The minimum atomic E-state index is -0.437. The lowest BCUT2D eigenvalue weighted by molar-refractivity contribution is 0.0185. The van der Waals surface area contributed by atoms with Gasteiger partial charge in [0.1, 0.15) is 5.60 Å². The van der Waals surface area contributed by atoms with E-state index in [1.807, 2.05) is 27.7 Å². The van der Waals surface area contributed by atoms with E-state index < -0.39 is 5.60 Å². The van der Waals surface area contributed by atoms with E-state index >= 15 is 0 Å². The summed E-state index contributed by atoms with van der Waals surface area (Å²) >= 11 is 0. The highest BCUT2D eigenvalue weighted by Crippen LogP contribution is 2.15. The highest BCUT2D eigenvalue weighted by atomic mass is 16.6. The molecule has 0 spiro atoms. The lowest BCUT2D eigenvalue weighted by atomic mass is 10.1. The van der Waals surface area contributed by atoms with E-state index in [0.29, 0.717) is 25.8 Å². The molecular formula is C16H30N2O3. The number of nitrogens with one attached hydrogen (secondary N) is 1. The lowest BCUT2D eigenvalue weighted by Gasteiger charge is -2.34. The fraction of sp³-hybridized carbons (Fsp3) is 0.812. The zero-order valence-electron chi connectivity index (χ0n) is 13.9. The molecule has 21 heavy (non-hydrogen) atoms. The van der Waals surface area contributed by atoms with Crippen LogP contribution in [0.15, 0.2) is 12.2 Å². The SMILES string of the molecule is C=C(C)COCCNC1CCCN(C(=O)OC(C)(C)C)C1. The summed E-state index contributed by atoms with van der Waals surface area (Å²) in [5.74, 6) is 0. The van der Waals surface area contributed by atoms with Crippen molar-refractivity contribution in [3.8, 4) is 0 Å². The van der Waals surface area contributed by atoms with E-state index in [0.717, 1.165) is 31.5 Å². The molecule has 1 saturated heterocycles. The average Bonchev–Trinajstić information content (AvgIpc) is 2.36. The zero-order valence-corrected chi connectivity index (χ0v) is 13.9. The Morgan fingerprint density at radius 3 is 2.76 bits per heavy atom. The minimum absolute atomic E-state index is 0.215. The molecule has 5 heteroatoms.